The summed E-state index contributed by atoms with van der Waals surface area (Å²) in [5.74, 6) is -0.323. The van der Waals surface area contributed by atoms with Gasteiger partial charge in [0.2, 0.25) is 5.91 Å². The molecular weight excluding hydrogens is 255 g/mol. The Morgan fingerprint density at radius 1 is 1.40 bits per heavy atom. The van der Waals surface area contributed by atoms with Crippen molar-refractivity contribution in [3.63, 3.8) is 0 Å². The van der Waals surface area contributed by atoms with Gasteiger partial charge in [0.05, 0.1) is 5.41 Å². The molecule has 0 spiro atoms. The average molecular weight is 276 g/mol. The van der Waals surface area contributed by atoms with Crippen LogP contribution in [-0.4, -0.2) is 17.4 Å². The first-order valence-electron chi connectivity index (χ1n) is 7.02. The number of amides is 1. The van der Waals surface area contributed by atoms with Crippen LogP contribution >= 0.6 is 0 Å². The highest BCUT2D eigenvalue weighted by Crippen LogP contribution is 2.31. The van der Waals surface area contributed by atoms with Crippen LogP contribution in [0.15, 0.2) is 24.4 Å². The molecule has 0 fully saturated rings. The Balaban J connectivity index is 2.31. The zero-order chi connectivity index (χ0) is 14.8. The molecule has 108 valence electrons. The Hall–Kier alpha value is -1.84. The van der Waals surface area contributed by atoms with Crippen molar-refractivity contribution >= 4 is 16.8 Å². The van der Waals surface area contributed by atoms with E-state index in [0.717, 1.165) is 29.3 Å². The van der Waals surface area contributed by atoms with Gasteiger partial charge in [0.1, 0.15) is 5.82 Å². The molecule has 1 aromatic carbocycles. The first kappa shape index (κ1) is 14.6. The molecule has 0 aliphatic carbocycles. The molecule has 3 nitrogen and oxygen atoms in total. The van der Waals surface area contributed by atoms with E-state index in [1.165, 1.54) is 12.1 Å². The quantitative estimate of drug-likeness (QED) is 0.807. The van der Waals surface area contributed by atoms with Gasteiger partial charge in [0.15, 0.2) is 0 Å². The molecule has 0 saturated heterocycles. The number of rotatable bonds is 5. The summed E-state index contributed by atoms with van der Waals surface area (Å²) in [6.07, 6.45) is 3.80. The van der Waals surface area contributed by atoms with E-state index in [1.54, 1.807) is 12.3 Å². The van der Waals surface area contributed by atoms with Gasteiger partial charge in [-0.05, 0) is 44.0 Å². The maximum atomic E-state index is 13.4. The lowest BCUT2D eigenvalue weighted by Crippen LogP contribution is -2.40. The summed E-state index contributed by atoms with van der Waals surface area (Å²) in [4.78, 5) is 15.4. The number of hydrogen-bond acceptors (Lipinski definition) is 1. The van der Waals surface area contributed by atoms with Crippen molar-refractivity contribution in [3.05, 3.63) is 35.8 Å². The topological polar surface area (TPSA) is 44.9 Å². The van der Waals surface area contributed by atoms with Gasteiger partial charge >= 0.3 is 0 Å². The van der Waals surface area contributed by atoms with Crippen LogP contribution in [-0.2, 0) is 10.2 Å². The lowest BCUT2D eigenvalue weighted by molar-refractivity contribution is -0.125. The standard InChI is InChI=1S/C16H21FN2O/c1-4-5-8-18-15(20)16(2,3)13-10-19-14-7-6-11(17)9-12(13)14/h6-7,9-10,19H,4-5,8H2,1-3H3,(H,18,20). The van der Waals surface area contributed by atoms with E-state index in [-0.39, 0.29) is 11.7 Å². The predicted molar refractivity (Wildman–Crippen MR) is 79.2 cm³/mol. The number of carbonyl (C=O) groups is 1. The third kappa shape index (κ3) is 2.69. The second kappa shape index (κ2) is 5.65. The van der Waals surface area contributed by atoms with E-state index in [1.807, 2.05) is 13.8 Å². The first-order valence-corrected chi connectivity index (χ1v) is 7.02. The number of aromatic nitrogens is 1. The van der Waals surface area contributed by atoms with Crippen molar-refractivity contribution in [2.24, 2.45) is 0 Å². The number of carbonyl (C=O) groups excluding carboxylic acids is 1. The average Bonchev–Trinajstić information content (AvgIpc) is 2.82. The summed E-state index contributed by atoms with van der Waals surface area (Å²) in [7, 11) is 0. The minimum atomic E-state index is -0.695. The summed E-state index contributed by atoms with van der Waals surface area (Å²) < 4.78 is 13.4. The second-order valence-electron chi connectivity index (χ2n) is 5.63. The van der Waals surface area contributed by atoms with Crippen LogP contribution in [0.3, 0.4) is 0 Å². The summed E-state index contributed by atoms with van der Waals surface area (Å²) in [5, 5.41) is 3.71. The zero-order valence-corrected chi connectivity index (χ0v) is 12.2. The summed E-state index contributed by atoms with van der Waals surface area (Å²) in [5.41, 5.74) is 0.969. The minimum Gasteiger partial charge on any atom is -0.361 e. The number of benzene rings is 1. The highest BCUT2D eigenvalue weighted by molar-refractivity contribution is 5.94. The minimum absolute atomic E-state index is 0.0314. The van der Waals surface area contributed by atoms with Crippen molar-refractivity contribution < 1.29 is 9.18 Å². The lowest BCUT2D eigenvalue weighted by Gasteiger charge is -2.23. The summed E-state index contributed by atoms with van der Waals surface area (Å²) >= 11 is 0. The fraction of sp³-hybridized carbons (Fsp3) is 0.438. The Labute approximate surface area is 118 Å². The van der Waals surface area contributed by atoms with Gasteiger partial charge in [-0.1, -0.05) is 13.3 Å². The van der Waals surface area contributed by atoms with Crippen LogP contribution in [0.1, 0.15) is 39.2 Å². The lowest BCUT2D eigenvalue weighted by atomic mass is 9.83. The SMILES string of the molecule is CCCCNC(=O)C(C)(C)c1c[nH]c2ccc(F)cc12. The third-order valence-electron chi connectivity index (χ3n) is 3.70. The Kier molecular flexibility index (Phi) is 4.12. The number of aromatic amines is 1. The fourth-order valence-corrected chi connectivity index (χ4v) is 2.33. The molecule has 0 unspecified atom stereocenters. The molecule has 0 aliphatic rings. The van der Waals surface area contributed by atoms with Gasteiger partial charge in [-0.25, -0.2) is 4.39 Å². The van der Waals surface area contributed by atoms with Crippen molar-refractivity contribution in [2.45, 2.75) is 39.0 Å². The van der Waals surface area contributed by atoms with Crippen molar-refractivity contribution in [3.8, 4) is 0 Å². The number of hydrogen-bond donors (Lipinski definition) is 2. The normalized spacial score (nSPS) is 11.8. The van der Waals surface area contributed by atoms with Crippen LogP contribution in [0.2, 0.25) is 0 Å². The fourth-order valence-electron chi connectivity index (χ4n) is 2.33. The molecule has 1 heterocycles. The van der Waals surface area contributed by atoms with Crippen molar-refractivity contribution in [2.75, 3.05) is 6.54 Å². The van der Waals surface area contributed by atoms with Gasteiger partial charge in [-0.2, -0.15) is 0 Å². The molecule has 1 aromatic heterocycles. The maximum absolute atomic E-state index is 13.4. The van der Waals surface area contributed by atoms with Crippen LogP contribution in [0.25, 0.3) is 10.9 Å². The molecule has 20 heavy (non-hydrogen) atoms. The molecule has 0 saturated carbocycles. The zero-order valence-electron chi connectivity index (χ0n) is 12.2. The second-order valence-corrected chi connectivity index (χ2v) is 5.63. The molecule has 1 amide bonds. The molecule has 0 aliphatic heterocycles. The van der Waals surface area contributed by atoms with Crippen molar-refractivity contribution in [1.29, 1.82) is 0 Å². The molecule has 0 atom stereocenters. The molecule has 0 radical (unpaired) electrons. The Morgan fingerprint density at radius 2 is 2.15 bits per heavy atom. The molecular formula is C16H21FN2O. The first-order chi connectivity index (χ1) is 9.46. The smallest absolute Gasteiger partial charge is 0.230 e. The van der Waals surface area contributed by atoms with Gasteiger partial charge in [-0.15, -0.1) is 0 Å². The monoisotopic (exact) mass is 276 g/mol. The number of halogens is 1. The predicted octanol–water partition coefficient (Wildman–Crippen LogP) is 3.50. The van der Waals surface area contributed by atoms with E-state index >= 15 is 0 Å². The van der Waals surface area contributed by atoms with E-state index < -0.39 is 5.41 Å². The molecule has 0 bridgehead atoms. The van der Waals surface area contributed by atoms with Gasteiger partial charge in [0.25, 0.3) is 0 Å². The Morgan fingerprint density at radius 3 is 2.85 bits per heavy atom. The van der Waals surface area contributed by atoms with Gasteiger partial charge < -0.3 is 10.3 Å². The highest BCUT2D eigenvalue weighted by atomic mass is 19.1. The number of nitrogens with one attached hydrogen (secondary N) is 2. The van der Waals surface area contributed by atoms with Crippen LogP contribution in [0.4, 0.5) is 4.39 Å². The molecule has 4 heteroatoms. The van der Waals surface area contributed by atoms with E-state index in [4.69, 9.17) is 0 Å². The summed E-state index contributed by atoms with van der Waals surface area (Å²) in [6.45, 7) is 6.48. The van der Waals surface area contributed by atoms with Crippen LogP contribution in [0, 0.1) is 5.82 Å². The molecule has 2 N–H and O–H groups in total. The highest BCUT2D eigenvalue weighted by Gasteiger charge is 2.31. The Bertz CT molecular complexity index is 616. The number of H-pyrrole nitrogens is 1. The van der Waals surface area contributed by atoms with E-state index in [9.17, 15) is 9.18 Å². The van der Waals surface area contributed by atoms with Gasteiger partial charge in [0, 0.05) is 23.6 Å². The van der Waals surface area contributed by atoms with E-state index in [0.29, 0.717) is 6.54 Å². The van der Waals surface area contributed by atoms with E-state index in [2.05, 4.69) is 17.2 Å². The third-order valence-corrected chi connectivity index (χ3v) is 3.70. The number of fused-ring (bicyclic) bond motifs is 1. The van der Waals surface area contributed by atoms with Crippen molar-refractivity contribution in [1.82, 2.24) is 10.3 Å². The van der Waals surface area contributed by atoms with Crippen LogP contribution < -0.4 is 5.32 Å². The number of unbranched alkanes of at least 4 members (excludes halogenated alkanes) is 1. The largest absolute Gasteiger partial charge is 0.361 e. The molecule has 2 aromatic rings. The van der Waals surface area contributed by atoms with Gasteiger partial charge in [-0.3, -0.25) is 4.79 Å². The molecule has 2 rings (SSSR count). The van der Waals surface area contributed by atoms with Crippen LogP contribution in [0.5, 0.6) is 0 Å². The maximum Gasteiger partial charge on any atom is 0.230 e. The summed E-state index contributed by atoms with van der Waals surface area (Å²) in [6, 6.07) is 4.58.